The molecule has 0 spiro atoms. The van der Waals surface area contributed by atoms with Gasteiger partial charge in [-0.05, 0) is 18.2 Å². The number of halogens is 3. The maximum atomic E-state index is 12.9. The van der Waals surface area contributed by atoms with Crippen molar-refractivity contribution in [3.05, 3.63) is 29.0 Å². The van der Waals surface area contributed by atoms with E-state index in [0.717, 1.165) is 12.1 Å². The van der Waals surface area contributed by atoms with Crippen LogP contribution in [0.2, 0.25) is 5.02 Å². The molecule has 0 saturated heterocycles. The van der Waals surface area contributed by atoms with Crippen LogP contribution in [0.5, 0.6) is 0 Å². The second kappa shape index (κ2) is 6.36. The quantitative estimate of drug-likeness (QED) is 0.873. The Hall–Kier alpha value is -0.400. The van der Waals surface area contributed by atoms with Crippen LogP contribution in [-0.4, -0.2) is 21.5 Å². The van der Waals surface area contributed by atoms with Crippen molar-refractivity contribution in [1.82, 2.24) is 4.72 Å². The van der Waals surface area contributed by atoms with Crippen LogP contribution in [0.1, 0.15) is 0 Å². The zero-order valence-corrected chi connectivity index (χ0v) is 10.5. The second-order valence-electron chi connectivity index (χ2n) is 2.79. The first-order chi connectivity index (χ1) is 6.95. The highest BCUT2D eigenvalue weighted by Crippen LogP contribution is 2.17. The SMILES string of the molecule is Cl.NCCNS(=O)(=O)c1cc(F)cc(Cl)c1. The average molecular weight is 289 g/mol. The Kier molecular flexibility index (Phi) is 6.20. The monoisotopic (exact) mass is 288 g/mol. The largest absolute Gasteiger partial charge is 0.329 e. The van der Waals surface area contributed by atoms with E-state index in [-0.39, 0.29) is 35.4 Å². The number of nitrogens with one attached hydrogen (secondary N) is 1. The maximum absolute atomic E-state index is 12.9. The summed E-state index contributed by atoms with van der Waals surface area (Å²) < 4.78 is 38.1. The van der Waals surface area contributed by atoms with Crippen molar-refractivity contribution >= 4 is 34.0 Å². The van der Waals surface area contributed by atoms with Crippen LogP contribution in [0, 0.1) is 5.82 Å². The standard InChI is InChI=1S/C8H10ClFN2O2S.ClH/c9-6-3-7(10)5-8(4-6)15(13,14)12-2-1-11;/h3-5,12H,1-2,11H2;1H. The molecule has 0 heterocycles. The molecule has 0 amide bonds. The van der Waals surface area contributed by atoms with Gasteiger partial charge < -0.3 is 5.73 Å². The molecule has 0 aliphatic rings. The highest BCUT2D eigenvalue weighted by Gasteiger charge is 2.14. The minimum Gasteiger partial charge on any atom is -0.329 e. The topological polar surface area (TPSA) is 72.2 Å². The van der Waals surface area contributed by atoms with Gasteiger partial charge in [-0.25, -0.2) is 17.5 Å². The molecule has 92 valence electrons. The Morgan fingerprint density at radius 3 is 2.50 bits per heavy atom. The molecular weight excluding hydrogens is 278 g/mol. The molecule has 3 N–H and O–H groups in total. The fraction of sp³-hybridized carbons (Fsp3) is 0.250. The predicted octanol–water partition coefficient (Wildman–Crippen LogP) is 1.14. The van der Waals surface area contributed by atoms with Gasteiger partial charge in [0, 0.05) is 18.1 Å². The molecule has 1 aromatic rings. The van der Waals surface area contributed by atoms with E-state index in [1.807, 2.05) is 0 Å². The molecule has 0 aliphatic heterocycles. The lowest BCUT2D eigenvalue weighted by atomic mass is 10.3. The molecule has 8 heteroatoms. The second-order valence-corrected chi connectivity index (χ2v) is 4.99. The first-order valence-electron chi connectivity index (χ1n) is 4.11. The summed E-state index contributed by atoms with van der Waals surface area (Å²) >= 11 is 5.53. The normalized spacial score (nSPS) is 10.9. The Labute approximate surface area is 104 Å². The number of hydrogen-bond acceptors (Lipinski definition) is 3. The molecular formula is C8H11Cl2FN2O2S. The van der Waals surface area contributed by atoms with E-state index in [2.05, 4.69) is 4.72 Å². The lowest BCUT2D eigenvalue weighted by molar-refractivity contribution is 0.578. The summed E-state index contributed by atoms with van der Waals surface area (Å²) in [5.74, 6) is -0.698. The zero-order valence-electron chi connectivity index (χ0n) is 8.11. The van der Waals surface area contributed by atoms with E-state index >= 15 is 0 Å². The Bertz CT molecular complexity index is 433. The van der Waals surface area contributed by atoms with E-state index in [0.29, 0.717) is 0 Å². The first kappa shape index (κ1) is 15.6. The smallest absolute Gasteiger partial charge is 0.240 e. The molecule has 0 radical (unpaired) electrons. The third kappa shape index (κ3) is 4.23. The van der Waals surface area contributed by atoms with Gasteiger partial charge in [0.2, 0.25) is 10.0 Å². The number of rotatable bonds is 4. The minimum atomic E-state index is -3.72. The summed E-state index contributed by atoms with van der Waals surface area (Å²) in [7, 11) is -3.72. The van der Waals surface area contributed by atoms with Gasteiger partial charge in [-0.1, -0.05) is 11.6 Å². The van der Waals surface area contributed by atoms with Crippen LogP contribution in [0.15, 0.2) is 23.1 Å². The molecule has 0 aliphatic carbocycles. The van der Waals surface area contributed by atoms with E-state index in [9.17, 15) is 12.8 Å². The van der Waals surface area contributed by atoms with E-state index in [4.69, 9.17) is 17.3 Å². The van der Waals surface area contributed by atoms with Gasteiger partial charge in [0.25, 0.3) is 0 Å². The summed E-state index contributed by atoms with van der Waals surface area (Å²) in [5, 5.41) is 0.0307. The third-order valence-corrected chi connectivity index (χ3v) is 3.24. The highest BCUT2D eigenvalue weighted by molar-refractivity contribution is 7.89. The van der Waals surface area contributed by atoms with Crippen molar-refractivity contribution in [2.24, 2.45) is 5.73 Å². The summed E-state index contributed by atoms with van der Waals surface area (Å²) in [4.78, 5) is -0.207. The van der Waals surface area contributed by atoms with E-state index in [1.54, 1.807) is 0 Å². The number of nitrogens with two attached hydrogens (primary N) is 1. The number of sulfonamides is 1. The van der Waals surface area contributed by atoms with Crippen molar-refractivity contribution in [1.29, 1.82) is 0 Å². The van der Waals surface area contributed by atoms with Crippen LogP contribution in [0.4, 0.5) is 4.39 Å². The fourth-order valence-corrected chi connectivity index (χ4v) is 2.35. The van der Waals surface area contributed by atoms with Gasteiger partial charge in [-0.2, -0.15) is 0 Å². The van der Waals surface area contributed by atoms with E-state index in [1.165, 1.54) is 6.07 Å². The molecule has 0 atom stereocenters. The van der Waals surface area contributed by atoms with Crippen LogP contribution >= 0.6 is 24.0 Å². The van der Waals surface area contributed by atoms with E-state index < -0.39 is 15.8 Å². The molecule has 16 heavy (non-hydrogen) atoms. The lowest BCUT2D eigenvalue weighted by Gasteiger charge is -2.05. The Balaban J connectivity index is 0.00000225. The van der Waals surface area contributed by atoms with Gasteiger partial charge >= 0.3 is 0 Å². The first-order valence-corrected chi connectivity index (χ1v) is 5.97. The molecule has 1 rings (SSSR count). The summed E-state index contributed by atoms with van der Waals surface area (Å²) in [6, 6.07) is 3.09. The molecule has 4 nitrogen and oxygen atoms in total. The molecule has 0 saturated carbocycles. The fourth-order valence-electron chi connectivity index (χ4n) is 0.960. The van der Waals surface area contributed by atoms with Gasteiger partial charge in [0.15, 0.2) is 0 Å². The summed E-state index contributed by atoms with van der Waals surface area (Å²) in [6.07, 6.45) is 0. The van der Waals surface area contributed by atoms with Crippen molar-refractivity contribution < 1.29 is 12.8 Å². The van der Waals surface area contributed by atoms with Crippen LogP contribution in [0.25, 0.3) is 0 Å². The van der Waals surface area contributed by atoms with Crippen molar-refractivity contribution in [2.75, 3.05) is 13.1 Å². The minimum absolute atomic E-state index is 0. The zero-order chi connectivity index (χ0) is 11.5. The molecule has 0 aromatic heterocycles. The van der Waals surface area contributed by atoms with Gasteiger partial charge in [0.1, 0.15) is 5.82 Å². The highest BCUT2D eigenvalue weighted by atomic mass is 35.5. The Morgan fingerprint density at radius 1 is 1.38 bits per heavy atom. The molecule has 0 bridgehead atoms. The lowest BCUT2D eigenvalue weighted by Crippen LogP contribution is -2.29. The third-order valence-electron chi connectivity index (χ3n) is 1.58. The van der Waals surface area contributed by atoms with Crippen LogP contribution in [-0.2, 0) is 10.0 Å². The molecule has 1 aromatic carbocycles. The summed E-state index contributed by atoms with van der Waals surface area (Å²) in [6.45, 7) is 0.263. The summed E-state index contributed by atoms with van der Waals surface area (Å²) in [5.41, 5.74) is 5.15. The molecule has 0 fully saturated rings. The Morgan fingerprint density at radius 2 is 2.00 bits per heavy atom. The van der Waals surface area contributed by atoms with Gasteiger partial charge in [0.05, 0.1) is 4.90 Å². The maximum Gasteiger partial charge on any atom is 0.240 e. The van der Waals surface area contributed by atoms with Gasteiger partial charge in [-0.3, -0.25) is 0 Å². The van der Waals surface area contributed by atoms with Crippen molar-refractivity contribution in [2.45, 2.75) is 4.90 Å². The van der Waals surface area contributed by atoms with Crippen LogP contribution < -0.4 is 10.5 Å². The number of hydrogen-bond donors (Lipinski definition) is 2. The molecule has 0 unspecified atom stereocenters. The number of benzene rings is 1. The van der Waals surface area contributed by atoms with Crippen molar-refractivity contribution in [3.63, 3.8) is 0 Å². The predicted molar refractivity (Wildman–Crippen MR) is 62.9 cm³/mol. The van der Waals surface area contributed by atoms with Gasteiger partial charge in [-0.15, -0.1) is 12.4 Å². The van der Waals surface area contributed by atoms with Crippen molar-refractivity contribution in [3.8, 4) is 0 Å². The van der Waals surface area contributed by atoms with Crippen LogP contribution in [0.3, 0.4) is 0 Å². The average Bonchev–Trinajstić information content (AvgIpc) is 2.13.